The molecule has 1 unspecified atom stereocenters. The summed E-state index contributed by atoms with van der Waals surface area (Å²) in [6.07, 6.45) is -0.485. The van der Waals surface area contributed by atoms with Crippen LogP contribution in [-0.4, -0.2) is 22.4 Å². The number of hydrogen-bond donors (Lipinski definition) is 1. The number of fused-ring (bicyclic) bond motifs is 1. The van der Waals surface area contributed by atoms with Gasteiger partial charge in [0.1, 0.15) is 11.9 Å². The van der Waals surface area contributed by atoms with Crippen molar-refractivity contribution in [3.05, 3.63) is 50.6 Å². The zero-order valence-electron chi connectivity index (χ0n) is 11.1. The fourth-order valence-electron chi connectivity index (χ4n) is 2.32. The second kappa shape index (κ2) is 5.68. The van der Waals surface area contributed by atoms with E-state index >= 15 is 0 Å². The van der Waals surface area contributed by atoms with Crippen LogP contribution in [0.15, 0.2) is 45.2 Å². The maximum atomic E-state index is 10.3. The first-order valence-corrected chi connectivity index (χ1v) is 8.11. The molecule has 1 aromatic heterocycles. The van der Waals surface area contributed by atoms with Crippen LogP contribution < -0.4 is 0 Å². The van der Waals surface area contributed by atoms with Gasteiger partial charge in [0.15, 0.2) is 0 Å². The minimum absolute atomic E-state index is 0.485. The summed E-state index contributed by atoms with van der Waals surface area (Å²) in [5.74, 6) is 0.957. The Balaban J connectivity index is 1.76. The van der Waals surface area contributed by atoms with E-state index in [2.05, 4.69) is 31.9 Å². The summed E-state index contributed by atoms with van der Waals surface area (Å²) in [6.45, 7) is 3.36. The molecule has 1 N–H and O–H groups in total. The van der Waals surface area contributed by atoms with Crippen molar-refractivity contribution in [1.29, 1.82) is 0 Å². The van der Waals surface area contributed by atoms with Gasteiger partial charge in [0.2, 0.25) is 0 Å². The maximum Gasteiger partial charge on any atom is 0.106 e. The van der Waals surface area contributed by atoms with E-state index in [1.807, 2.05) is 36.6 Å². The molecule has 104 valence electrons. The van der Waals surface area contributed by atoms with Crippen molar-refractivity contribution in [3.63, 3.8) is 0 Å². The highest BCUT2D eigenvalue weighted by molar-refractivity contribution is 9.10. The second-order valence-electron chi connectivity index (χ2n) is 4.85. The molecule has 0 radical (unpaired) electrons. The van der Waals surface area contributed by atoms with Crippen LogP contribution >= 0.6 is 27.3 Å². The van der Waals surface area contributed by atoms with Gasteiger partial charge in [-0.1, -0.05) is 18.2 Å². The average molecular weight is 351 g/mol. The van der Waals surface area contributed by atoms with Gasteiger partial charge in [0.25, 0.3) is 0 Å². The van der Waals surface area contributed by atoms with Crippen molar-refractivity contribution in [2.45, 2.75) is 19.6 Å². The lowest BCUT2D eigenvalue weighted by Crippen LogP contribution is -2.34. The van der Waals surface area contributed by atoms with Crippen molar-refractivity contribution >= 4 is 38.8 Å². The molecule has 1 aliphatic heterocycles. The molecule has 1 atom stereocenters. The number of benzene rings is 1. The molecule has 0 aliphatic carbocycles. The number of para-hydroxylation sites is 1. The molecule has 1 aromatic carbocycles. The van der Waals surface area contributed by atoms with Crippen LogP contribution in [0.2, 0.25) is 0 Å². The first-order chi connectivity index (χ1) is 9.63. The zero-order valence-corrected chi connectivity index (χ0v) is 13.5. The van der Waals surface area contributed by atoms with Crippen molar-refractivity contribution in [3.8, 4) is 0 Å². The number of rotatable bonds is 3. The molecule has 2 heterocycles. The molecular formula is C15H15BrN2OS. The molecule has 1 aliphatic rings. The average Bonchev–Trinajstić information content (AvgIpc) is 2.86. The monoisotopic (exact) mass is 350 g/mol. The van der Waals surface area contributed by atoms with Crippen molar-refractivity contribution in [1.82, 2.24) is 4.90 Å². The van der Waals surface area contributed by atoms with E-state index in [1.165, 1.54) is 5.56 Å². The molecule has 20 heavy (non-hydrogen) atoms. The van der Waals surface area contributed by atoms with Gasteiger partial charge in [-0.2, -0.15) is 0 Å². The summed E-state index contributed by atoms with van der Waals surface area (Å²) in [5.41, 5.74) is 2.24. The van der Waals surface area contributed by atoms with Crippen LogP contribution in [0.25, 0.3) is 0 Å². The highest BCUT2D eigenvalue weighted by Gasteiger charge is 2.20. The number of amidine groups is 1. The third-order valence-electron chi connectivity index (χ3n) is 3.40. The summed E-state index contributed by atoms with van der Waals surface area (Å²) >= 11 is 4.99. The Labute approximate surface area is 130 Å². The van der Waals surface area contributed by atoms with E-state index in [1.54, 1.807) is 11.3 Å². The number of aliphatic imine (C=N–C) groups is 1. The van der Waals surface area contributed by atoms with Crippen LogP contribution in [0.4, 0.5) is 5.69 Å². The Kier molecular flexibility index (Phi) is 3.92. The highest BCUT2D eigenvalue weighted by Crippen LogP contribution is 2.29. The lowest BCUT2D eigenvalue weighted by molar-refractivity contribution is 0.144. The molecule has 0 saturated heterocycles. The minimum Gasteiger partial charge on any atom is -0.386 e. The first kappa shape index (κ1) is 13.8. The van der Waals surface area contributed by atoms with Crippen molar-refractivity contribution in [2.24, 2.45) is 4.99 Å². The number of hydrogen-bond acceptors (Lipinski definition) is 4. The smallest absolute Gasteiger partial charge is 0.106 e. The fraction of sp³-hybridized carbons (Fsp3) is 0.267. The summed E-state index contributed by atoms with van der Waals surface area (Å²) in [5, 5.41) is 12.3. The molecule has 0 amide bonds. The number of nitrogens with zero attached hydrogens (tertiary/aromatic N) is 2. The molecule has 3 rings (SSSR count). The number of thiophene rings is 1. The molecule has 0 bridgehead atoms. The lowest BCUT2D eigenvalue weighted by Gasteiger charge is -2.30. The quantitative estimate of drug-likeness (QED) is 0.903. The zero-order chi connectivity index (χ0) is 14.1. The number of aliphatic hydroxyl groups excluding tert-OH is 1. The van der Waals surface area contributed by atoms with Gasteiger partial charge < -0.3 is 10.0 Å². The second-order valence-corrected chi connectivity index (χ2v) is 6.71. The molecule has 0 fully saturated rings. The number of halogens is 1. The first-order valence-electron chi connectivity index (χ1n) is 6.43. The Hall–Kier alpha value is -1.17. The van der Waals surface area contributed by atoms with Crippen molar-refractivity contribution in [2.75, 3.05) is 6.54 Å². The molecule has 2 aromatic rings. The summed E-state index contributed by atoms with van der Waals surface area (Å²) < 4.78 is 1.02. The highest BCUT2D eigenvalue weighted by atomic mass is 79.9. The van der Waals surface area contributed by atoms with E-state index < -0.39 is 6.10 Å². The van der Waals surface area contributed by atoms with Gasteiger partial charge in [-0.3, -0.25) is 0 Å². The van der Waals surface area contributed by atoms with Gasteiger partial charge in [0, 0.05) is 21.3 Å². The minimum atomic E-state index is -0.485. The Morgan fingerprint density at radius 1 is 1.45 bits per heavy atom. The standard InChI is InChI=1S/C15H15BrN2OS/c1-10-17-13-5-3-2-4-11(13)7-18(10)8-14(19)15-6-12(16)9-20-15/h2-6,9,14,19H,7-8H2,1H3. The van der Waals surface area contributed by atoms with E-state index in [-0.39, 0.29) is 0 Å². The predicted molar refractivity (Wildman–Crippen MR) is 86.6 cm³/mol. The van der Waals surface area contributed by atoms with Gasteiger partial charge in [0.05, 0.1) is 12.2 Å². The van der Waals surface area contributed by atoms with E-state index in [0.29, 0.717) is 6.54 Å². The van der Waals surface area contributed by atoms with E-state index in [0.717, 1.165) is 27.4 Å². The van der Waals surface area contributed by atoms with Crippen LogP contribution in [0.1, 0.15) is 23.5 Å². The van der Waals surface area contributed by atoms with Gasteiger partial charge in [-0.25, -0.2) is 4.99 Å². The number of aliphatic hydroxyl groups is 1. The Morgan fingerprint density at radius 2 is 2.25 bits per heavy atom. The lowest BCUT2D eigenvalue weighted by atomic mass is 10.1. The largest absolute Gasteiger partial charge is 0.386 e. The topological polar surface area (TPSA) is 35.8 Å². The molecule has 3 nitrogen and oxygen atoms in total. The predicted octanol–water partition coefficient (Wildman–Crippen LogP) is 4.11. The van der Waals surface area contributed by atoms with Gasteiger partial charge in [-0.15, -0.1) is 11.3 Å². The molecule has 0 saturated carbocycles. The molecular weight excluding hydrogens is 336 g/mol. The van der Waals surface area contributed by atoms with Crippen molar-refractivity contribution < 1.29 is 5.11 Å². The summed E-state index contributed by atoms with van der Waals surface area (Å²) in [4.78, 5) is 7.71. The van der Waals surface area contributed by atoms with Gasteiger partial charge in [-0.05, 0) is 40.5 Å². The van der Waals surface area contributed by atoms with Crippen LogP contribution in [0, 0.1) is 0 Å². The van der Waals surface area contributed by atoms with Crippen LogP contribution in [-0.2, 0) is 6.54 Å². The Morgan fingerprint density at radius 3 is 3.00 bits per heavy atom. The maximum absolute atomic E-state index is 10.3. The molecule has 0 spiro atoms. The Bertz CT molecular complexity index is 653. The normalized spacial score (nSPS) is 15.8. The van der Waals surface area contributed by atoms with E-state index in [4.69, 9.17) is 0 Å². The summed E-state index contributed by atoms with van der Waals surface area (Å²) in [6, 6.07) is 10.1. The van der Waals surface area contributed by atoms with Crippen LogP contribution in [0.3, 0.4) is 0 Å². The van der Waals surface area contributed by atoms with E-state index in [9.17, 15) is 5.11 Å². The van der Waals surface area contributed by atoms with Crippen LogP contribution in [0.5, 0.6) is 0 Å². The molecule has 5 heteroatoms. The SMILES string of the molecule is CC1=Nc2ccccc2CN1CC(O)c1cc(Br)cs1. The summed E-state index contributed by atoms with van der Waals surface area (Å²) in [7, 11) is 0. The fourth-order valence-corrected chi connectivity index (χ4v) is 3.74. The van der Waals surface area contributed by atoms with Gasteiger partial charge >= 0.3 is 0 Å². The third kappa shape index (κ3) is 2.80. The third-order valence-corrected chi connectivity index (χ3v) is 5.20. The number of β-amino-alcohol motifs (C(OH)–C–C–N with tert-alkyl or cyclic N) is 1.